The van der Waals surface area contributed by atoms with Crippen LogP contribution in [-0.2, 0) is 14.3 Å². The molecule has 0 aromatic heterocycles. The SMILES string of the molecule is CCCCCCCCCCCC1CC(O)=C(C(=O)CCC)C(=O)O1. The molecule has 0 saturated heterocycles. The minimum Gasteiger partial charge on any atom is -0.511 e. The van der Waals surface area contributed by atoms with E-state index in [1.54, 1.807) is 0 Å². The highest BCUT2D eigenvalue weighted by Gasteiger charge is 2.32. The number of aliphatic hydroxyl groups excluding tert-OH is 1. The lowest BCUT2D eigenvalue weighted by atomic mass is 9.97. The Labute approximate surface area is 146 Å². The number of hydrogen-bond acceptors (Lipinski definition) is 4. The van der Waals surface area contributed by atoms with E-state index in [9.17, 15) is 14.7 Å². The van der Waals surface area contributed by atoms with Gasteiger partial charge in [0, 0.05) is 12.8 Å². The van der Waals surface area contributed by atoms with E-state index in [0.29, 0.717) is 6.42 Å². The van der Waals surface area contributed by atoms with Crippen LogP contribution < -0.4 is 0 Å². The van der Waals surface area contributed by atoms with Gasteiger partial charge in [0.05, 0.1) is 0 Å². The molecule has 0 bridgehead atoms. The van der Waals surface area contributed by atoms with E-state index in [1.165, 1.54) is 44.9 Å². The number of ether oxygens (including phenoxy) is 1. The number of aliphatic hydroxyl groups is 1. The predicted octanol–water partition coefficient (Wildman–Crippen LogP) is 5.40. The molecule has 1 aliphatic heterocycles. The van der Waals surface area contributed by atoms with Crippen molar-refractivity contribution in [2.45, 2.75) is 103 Å². The molecular weight excluding hydrogens is 304 g/mol. The van der Waals surface area contributed by atoms with Crippen molar-refractivity contribution >= 4 is 11.8 Å². The lowest BCUT2D eigenvalue weighted by molar-refractivity contribution is -0.148. The van der Waals surface area contributed by atoms with Crippen LogP contribution in [0, 0.1) is 0 Å². The first-order valence-electron chi connectivity index (χ1n) is 9.76. The fourth-order valence-corrected chi connectivity index (χ4v) is 3.16. The Balaban J connectivity index is 2.20. The van der Waals surface area contributed by atoms with Gasteiger partial charge in [-0.1, -0.05) is 65.2 Å². The summed E-state index contributed by atoms with van der Waals surface area (Å²) in [7, 11) is 0. The summed E-state index contributed by atoms with van der Waals surface area (Å²) >= 11 is 0. The zero-order valence-electron chi connectivity index (χ0n) is 15.4. The van der Waals surface area contributed by atoms with Gasteiger partial charge in [-0.15, -0.1) is 0 Å². The van der Waals surface area contributed by atoms with E-state index in [0.717, 1.165) is 19.3 Å². The Morgan fingerprint density at radius 3 is 2.12 bits per heavy atom. The first-order valence-corrected chi connectivity index (χ1v) is 9.76. The number of esters is 1. The first kappa shape index (κ1) is 20.7. The van der Waals surface area contributed by atoms with Crippen LogP contribution in [0.1, 0.15) is 97.3 Å². The summed E-state index contributed by atoms with van der Waals surface area (Å²) in [4.78, 5) is 23.8. The van der Waals surface area contributed by atoms with Gasteiger partial charge >= 0.3 is 5.97 Å². The summed E-state index contributed by atoms with van der Waals surface area (Å²) in [6.45, 7) is 4.10. The minimum atomic E-state index is -0.641. The summed E-state index contributed by atoms with van der Waals surface area (Å²) < 4.78 is 5.33. The number of carbonyl (C=O) groups is 2. The van der Waals surface area contributed by atoms with E-state index >= 15 is 0 Å². The van der Waals surface area contributed by atoms with Crippen molar-refractivity contribution in [1.82, 2.24) is 0 Å². The van der Waals surface area contributed by atoms with Crippen molar-refractivity contribution in [3.8, 4) is 0 Å². The lowest BCUT2D eigenvalue weighted by Gasteiger charge is -2.23. The van der Waals surface area contributed by atoms with Crippen LogP contribution >= 0.6 is 0 Å². The van der Waals surface area contributed by atoms with Crippen molar-refractivity contribution in [1.29, 1.82) is 0 Å². The molecule has 0 aromatic rings. The van der Waals surface area contributed by atoms with Crippen LogP contribution in [0.25, 0.3) is 0 Å². The van der Waals surface area contributed by atoms with Crippen molar-refractivity contribution in [3.05, 3.63) is 11.3 Å². The molecule has 1 unspecified atom stereocenters. The monoisotopic (exact) mass is 338 g/mol. The molecule has 0 fully saturated rings. The van der Waals surface area contributed by atoms with E-state index < -0.39 is 5.97 Å². The van der Waals surface area contributed by atoms with Gasteiger partial charge in [-0.2, -0.15) is 0 Å². The molecule has 0 amide bonds. The molecule has 0 aromatic carbocycles. The van der Waals surface area contributed by atoms with Gasteiger partial charge in [-0.25, -0.2) is 4.79 Å². The maximum Gasteiger partial charge on any atom is 0.345 e. The standard InChI is InChI=1S/C20H34O4/c1-3-5-6-7-8-9-10-11-12-14-16-15-18(22)19(20(23)24-16)17(21)13-4-2/h16,22H,3-15H2,1-2H3. The smallest absolute Gasteiger partial charge is 0.345 e. The third-order valence-corrected chi connectivity index (χ3v) is 4.57. The van der Waals surface area contributed by atoms with Gasteiger partial charge in [0.1, 0.15) is 17.4 Å². The van der Waals surface area contributed by atoms with Crippen LogP contribution in [0.15, 0.2) is 11.3 Å². The van der Waals surface area contributed by atoms with Crippen molar-refractivity contribution in [2.24, 2.45) is 0 Å². The van der Waals surface area contributed by atoms with Gasteiger partial charge in [-0.3, -0.25) is 4.79 Å². The molecule has 0 saturated carbocycles. The molecule has 4 nitrogen and oxygen atoms in total. The average Bonchev–Trinajstić information content (AvgIpc) is 2.53. The molecule has 138 valence electrons. The number of cyclic esters (lactones) is 1. The first-order chi connectivity index (χ1) is 11.6. The molecule has 0 spiro atoms. The number of unbranched alkanes of at least 4 members (excludes halogenated alkanes) is 8. The summed E-state index contributed by atoms with van der Waals surface area (Å²) in [5.41, 5.74) is -0.125. The summed E-state index contributed by atoms with van der Waals surface area (Å²) in [5, 5.41) is 10.0. The van der Waals surface area contributed by atoms with Gasteiger partial charge < -0.3 is 9.84 Å². The topological polar surface area (TPSA) is 63.6 Å². The maximum absolute atomic E-state index is 11.9. The highest BCUT2D eigenvalue weighted by atomic mass is 16.5. The van der Waals surface area contributed by atoms with E-state index in [2.05, 4.69) is 6.92 Å². The van der Waals surface area contributed by atoms with Crippen LogP contribution in [0.3, 0.4) is 0 Å². The third-order valence-electron chi connectivity index (χ3n) is 4.57. The normalized spacial score (nSPS) is 17.9. The largest absolute Gasteiger partial charge is 0.511 e. The average molecular weight is 338 g/mol. The fourth-order valence-electron chi connectivity index (χ4n) is 3.16. The second kappa shape index (κ2) is 12.1. The molecule has 0 radical (unpaired) electrons. The predicted molar refractivity (Wildman–Crippen MR) is 95.9 cm³/mol. The Morgan fingerprint density at radius 1 is 1.00 bits per heavy atom. The van der Waals surface area contributed by atoms with E-state index in [-0.39, 0.29) is 36.1 Å². The molecule has 0 aliphatic carbocycles. The third kappa shape index (κ3) is 7.50. The fraction of sp³-hybridized carbons (Fsp3) is 0.800. The van der Waals surface area contributed by atoms with Crippen LogP contribution in [0.2, 0.25) is 0 Å². The number of Topliss-reactive ketones (excluding diaryl/α,β-unsaturated/α-hetero) is 1. The van der Waals surface area contributed by atoms with Crippen molar-refractivity contribution in [2.75, 3.05) is 0 Å². The van der Waals surface area contributed by atoms with Gasteiger partial charge in [-0.05, 0) is 19.3 Å². The second-order valence-corrected chi connectivity index (χ2v) is 6.84. The summed E-state index contributed by atoms with van der Waals surface area (Å²) in [5.74, 6) is -1.02. The van der Waals surface area contributed by atoms with Gasteiger partial charge in [0.25, 0.3) is 0 Å². The summed E-state index contributed by atoms with van der Waals surface area (Å²) in [6.07, 6.45) is 12.9. The Bertz CT molecular complexity index is 425. The molecule has 1 N–H and O–H groups in total. The zero-order valence-corrected chi connectivity index (χ0v) is 15.4. The lowest BCUT2D eigenvalue weighted by Crippen LogP contribution is -2.30. The molecule has 1 rings (SSSR count). The van der Waals surface area contributed by atoms with Crippen LogP contribution in [0.5, 0.6) is 0 Å². The number of ketones is 1. The minimum absolute atomic E-state index is 0.0781. The highest BCUT2D eigenvalue weighted by Crippen LogP contribution is 2.25. The molecule has 24 heavy (non-hydrogen) atoms. The van der Waals surface area contributed by atoms with E-state index in [1.807, 2.05) is 6.92 Å². The van der Waals surface area contributed by atoms with Crippen LogP contribution in [-0.4, -0.2) is 23.0 Å². The van der Waals surface area contributed by atoms with Crippen molar-refractivity contribution < 1.29 is 19.4 Å². The van der Waals surface area contributed by atoms with Gasteiger partial charge in [0.15, 0.2) is 5.78 Å². The Morgan fingerprint density at radius 2 is 1.58 bits per heavy atom. The molecular formula is C20H34O4. The summed E-state index contributed by atoms with van der Waals surface area (Å²) in [6, 6.07) is 0. The Kier molecular flexibility index (Phi) is 10.4. The molecule has 1 heterocycles. The van der Waals surface area contributed by atoms with E-state index in [4.69, 9.17) is 4.74 Å². The zero-order chi connectivity index (χ0) is 17.8. The number of hydrogen-bond donors (Lipinski definition) is 1. The Hall–Kier alpha value is -1.32. The maximum atomic E-state index is 11.9. The van der Waals surface area contributed by atoms with Crippen LogP contribution in [0.4, 0.5) is 0 Å². The second-order valence-electron chi connectivity index (χ2n) is 6.84. The van der Waals surface area contributed by atoms with Crippen molar-refractivity contribution in [3.63, 3.8) is 0 Å². The quantitative estimate of drug-likeness (QED) is 0.277. The number of carbonyl (C=O) groups excluding carboxylic acids is 2. The molecule has 1 aliphatic rings. The highest BCUT2D eigenvalue weighted by molar-refractivity contribution is 6.18. The molecule has 1 atom stereocenters. The number of rotatable bonds is 13. The molecule has 4 heteroatoms. The van der Waals surface area contributed by atoms with Gasteiger partial charge in [0.2, 0.25) is 0 Å².